The first-order valence-electron chi connectivity index (χ1n) is 9.40. The van der Waals surface area contributed by atoms with E-state index in [4.69, 9.17) is 0 Å². The van der Waals surface area contributed by atoms with Crippen LogP contribution in [0.1, 0.15) is 54.4 Å². The van der Waals surface area contributed by atoms with Crippen LogP contribution in [0.15, 0.2) is 48.5 Å². The molecule has 0 N–H and O–H groups in total. The highest BCUT2D eigenvalue weighted by molar-refractivity contribution is 5.79. The molecule has 0 atom stereocenters. The molecule has 0 unspecified atom stereocenters. The van der Waals surface area contributed by atoms with Crippen LogP contribution in [-0.2, 0) is 5.41 Å². The van der Waals surface area contributed by atoms with Gasteiger partial charge in [0.1, 0.15) is 6.29 Å². The monoisotopic (exact) mass is 316 g/mol. The molecule has 24 heavy (non-hydrogen) atoms. The molecule has 0 aromatic heterocycles. The molecule has 122 valence electrons. The van der Waals surface area contributed by atoms with E-state index in [1.165, 1.54) is 44.1 Å². The maximum atomic E-state index is 11.1. The largest absolute Gasteiger partial charge is 0.298 e. The van der Waals surface area contributed by atoms with Crippen LogP contribution in [0.3, 0.4) is 0 Å². The molecule has 0 aliphatic heterocycles. The Bertz CT molecular complexity index is 753. The molecule has 0 saturated heterocycles. The highest BCUT2D eigenvalue weighted by Gasteiger charge is 2.51. The lowest BCUT2D eigenvalue weighted by Crippen LogP contribution is -2.48. The van der Waals surface area contributed by atoms with Gasteiger partial charge in [-0.25, -0.2) is 0 Å². The number of rotatable bonds is 3. The fourth-order valence-corrected chi connectivity index (χ4v) is 6.28. The molecule has 6 rings (SSSR count). The number of carbonyl (C=O) groups excluding carboxylic acids is 1. The van der Waals surface area contributed by atoms with E-state index < -0.39 is 0 Å². The standard InChI is InChI=1S/C23H24O/c24-15-16-3-1-4-20(10-16)21-5-2-6-22(11-21)23-12-17-7-18(13-23)9-19(8-17)14-23/h1-6,10-11,15,17-19H,7-9,12-14H2. The first-order valence-corrected chi connectivity index (χ1v) is 9.40. The van der Waals surface area contributed by atoms with Gasteiger partial charge in [-0.15, -0.1) is 0 Å². The van der Waals surface area contributed by atoms with Gasteiger partial charge in [-0.2, -0.15) is 0 Å². The van der Waals surface area contributed by atoms with Crippen molar-refractivity contribution in [1.82, 2.24) is 0 Å². The Labute approximate surface area is 144 Å². The zero-order chi connectivity index (χ0) is 16.1. The molecule has 0 amide bonds. The van der Waals surface area contributed by atoms with E-state index in [-0.39, 0.29) is 0 Å². The second-order valence-corrected chi connectivity index (χ2v) is 8.52. The second kappa shape index (κ2) is 5.31. The average molecular weight is 316 g/mol. The van der Waals surface area contributed by atoms with E-state index in [1.54, 1.807) is 5.56 Å². The quantitative estimate of drug-likeness (QED) is 0.670. The third-order valence-electron chi connectivity index (χ3n) is 6.87. The van der Waals surface area contributed by atoms with Gasteiger partial charge in [-0.3, -0.25) is 4.79 Å². The van der Waals surface area contributed by atoms with Gasteiger partial charge in [-0.1, -0.05) is 42.5 Å². The van der Waals surface area contributed by atoms with Crippen molar-refractivity contribution in [1.29, 1.82) is 0 Å². The van der Waals surface area contributed by atoms with E-state index in [0.29, 0.717) is 5.41 Å². The van der Waals surface area contributed by atoms with Gasteiger partial charge in [0.15, 0.2) is 0 Å². The Balaban J connectivity index is 1.55. The summed E-state index contributed by atoms with van der Waals surface area (Å²) in [6, 6.07) is 17.2. The average Bonchev–Trinajstić information content (AvgIpc) is 2.61. The molecule has 0 heterocycles. The molecule has 4 saturated carbocycles. The SMILES string of the molecule is O=Cc1cccc(-c2cccc(C34CC5CC(CC(C5)C3)C4)c2)c1. The van der Waals surface area contributed by atoms with Gasteiger partial charge in [-0.05, 0) is 84.5 Å². The molecule has 0 radical (unpaired) electrons. The lowest BCUT2D eigenvalue weighted by atomic mass is 9.48. The molecule has 2 aromatic carbocycles. The number of hydrogen-bond donors (Lipinski definition) is 0. The summed E-state index contributed by atoms with van der Waals surface area (Å²) in [7, 11) is 0. The van der Waals surface area contributed by atoms with Crippen LogP contribution in [0.5, 0.6) is 0 Å². The van der Waals surface area contributed by atoms with Crippen LogP contribution in [0, 0.1) is 17.8 Å². The Kier molecular flexibility index (Phi) is 3.20. The van der Waals surface area contributed by atoms with Gasteiger partial charge < -0.3 is 0 Å². The van der Waals surface area contributed by atoms with Crippen molar-refractivity contribution in [3.05, 3.63) is 59.7 Å². The van der Waals surface area contributed by atoms with Crippen molar-refractivity contribution in [3.63, 3.8) is 0 Å². The Morgan fingerprint density at radius 2 is 1.38 bits per heavy atom. The number of carbonyl (C=O) groups is 1. The van der Waals surface area contributed by atoms with Crippen LogP contribution in [0.25, 0.3) is 11.1 Å². The minimum atomic E-state index is 0.438. The molecule has 0 spiro atoms. The van der Waals surface area contributed by atoms with E-state index >= 15 is 0 Å². The van der Waals surface area contributed by atoms with Crippen molar-refractivity contribution in [3.8, 4) is 11.1 Å². The number of benzene rings is 2. The van der Waals surface area contributed by atoms with Crippen molar-refractivity contribution >= 4 is 6.29 Å². The zero-order valence-electron chi connectivity index (χ0n) is 14.1. The summed E-state index contributed by atoms with van der Waals surface area (Å²) in [4.78, 5) is 11.1. The van der Waals surface area contributed by atoms with Gasteiger partial charge in [0.05, 0.1) is 0 Å². The fourth-order valence-electron chi connectivity index (χ4n) is 6.28. The van der Waals surface area contributed by atoms with Crippen molar-refractivity contribution in [2.75, 3.05) is 0 Å². The molecule has 4 aliphatic carbocycles. The van der Waals surface area contributed by atoms with Gasteiger partial charge in [0.25, 0.3) is 0 Å². The summed E-state index contributed by atoms with van der Waals surface area (Å²) in [5, 5.41) is 0. The lowest BCUT2D eigenvalue weighted by molar-refractivity contribution is -0.00516. The first-order chi connectivity index (χ1) is 11.7. The Morgan fingerprint density at radius 1 is 0.792 bits per heavy atom. The normalized spacial score (nSPS) is 33.6. The zero-order valence-corrected chi connectivity index (χ0v) is 14.1. The lowest BCUT2D eigenvalue weighted by Gasteiger charge is -2.57. The Morgan fingerprint density at radius 3 is 2.00 bits per heavy atom. The fraction of sp³-hybridized carbons (Fsp3) is 0.435. The molecule has 2 aromatic rings. The van der Waals surface area contributed by atoms with Gasteiger partial charge in [0, 0.05) is 5.56 Å². The maximum Gasteiger partial charge on any atom is 0.150 e. The van der Waals surface area contributed by atoms with Crippen LogP contribution in [0.4, 0.5) is 0 Å². The summed E-state index contributed by atoms with van der Waals surface area (Å²) in [6.07, 6.45) is 9.60. The summed E-state index contributed by atoms with van der Waals surface area (Å²) < 4.78 is 0. The molecule has 4 bridgehead atoms. The minimum absolute atomic E-state index is 0.438. The summed E-state index contributed by atoms with van der Waals surface area (Å²) in [5.41, 5.74) is 5.16. The second-order valence-electron chi connectivity index (χ2n) is 8.52. The van der Waals surface area contributed by atoms with Crippen molar-refractivity contribution in [2.45, 2.75) is 43.9 Å². The van der Waals surface area contributed by atoms with Crippen LogP contribution >= 0.6 is 0 Å². The maximum absolute atomic E-state index is 11.1. The highest BCUT2D eigenvalue weighted by Crippen LogP contribution is 2.60. The summed E-state index contributed by atoms with van der Waals surface area (Å²) >= 11 is 0. The third-order valence-corrected chi connectivity index (χ3v) is 6.87. The van der Waals surface area contributed by atoms with E-state index in [2.05, 4.69) is 30.3 Å². The van der Waals surface area contributed by atoms with Crippen LogP contribution in [0.2, 0.25) is 0 Å². The molecular formula is C23H24O. The topological polar surface area (TPSA) is 17.1 Å². The molecule has 1 nitrogen and oxygen atoms in total. The van der Waals surface area contributed by atoms with Crippen molar-refractivity contribution < 1.29 is 4.79 Å². The summed E-state index contributed by atoms with van der Waals surface area (Å²) in [5.74, 6) is 2.91. The number of hydrogen-bond acceptors (Lipinski definition) is 1. The predicted molar refractivity (Wildman–Crippen MR) is 97.1 cm³/mol. The van der Waals surface area contributed by atoms with Crippen LogP contribution < -0.4 is 0 Å². The first kappa shape index (κ1) is 14.5. The summed E-state index contributed by atoms with van der Waals surface area (Å²) in [6.45, 7) is 0. The van der Waals surface area contributed by atoms with Crippen LogP contribution in [-0.4, -0.2) is 6.29 Å². The van der Waals surface area contributed by atoms with Gasteiger partial charge in [0.2, 0.25) is 0 Å². The smallest absolute Gasteiger partial charge is 0.150 e. The van der Waals surface area contributed by atoms with E-state index in [1.807, 2.05) is 18.2 Å². The molecule has 1 heteroatoms. The predicted octanol–water partition coefficient (Wildman–Crippen LogP) is 5.63. The Hall–Kier alpha value is -1.89. The van der Waals surface area contributed by atoms with E-state index in [9.17, 15) is 4.79 Å². The third kappa shape index (κ3) is 2.25. The molecule has 4 fully saturated rings. The molecule has 4 aliphatic rings. The highest BCUT2D eigenvalue weighted by atomic mass is 16.1. The van der Waals surface area contributed by atoms with Gasteiger partial charge >= 0.3 is 0 Å². The molecular weight excluding hydrogens is 292 g/mol. The minimum Gasteiger partial charge on any atom is -0.298 e. The van der Waals surface area contributed by atoms with E-state index in [0.717, 1.165) is 35.2 Å². The van der Waals surface area contributed by atoms with Crippen molar-refractivity contribution in [2.24, 2.45) is 17.8 Å². The number of aldehydes is 1.